The van der Waals surface area contributed by atoms with Gasteiger partial charge < -0.3 is 39.8 Å². The molecule has 224 valence electrons. The van der Waals surface area contributed by atoms with Crippen LogP contribution in [-0.4, -0.2) is 79.8 Å². The molecule has 1 aliphatic heterocycles. The van der Waals surface area contributed by atoms with Crippen molar-refractivity contribution in [2.75, 3.05) is 69.2 Å². The number of aromatic nitrogens is 4. The van der Waals surface area contributed by atoms with Crippen molar-refractivity contribution in [3.8, 4) is 29.0 Å². The number of piperazine rings is 1. The van der Waals surface area contributed by atoms with Crippen LogP contribution in [0.15, 0.2) is 65.8 Å². The molecule has 2 aromatic carbocycles. The van der Waals surface area contributed by atoms with E-state index in [1.807, 2.05) is 30.3 Å². The third-order valence-corrected chi connectivity index (χ3v) is 6.79. The molecule has 0 amide bonds. The van der Waals surface area contributed by atoms with E-state index in [0.29, 0.717) is 77.9 Å². The smallest absolute Gasteiger partial charge is 0.230 e. The molecule has 0 radical (unpaired) electrons. The lowest BCUT2D eigenvalue weighted by atomic mass is 10.3. The summed E-state index contributed by atoms with van der Waals surface area (Å²) in [4.78, 5) is 26.9. The van der Waals surface area contributed by atoms with Crippen molar-refractivity contribution in [2.45, 2.75) is 0 Å². The van der Waals surface area contributed by atoms with Gasteiger partial charge in [-0.3, -0.25) is 0 Å². The van der Waals surface area contributed by atoms with Crippen molar-refractivity contribution < 1.29 is 18.9 Å². The van der Waals surface area contributed by atoms with Gasteiger partial charge in [-0.15, -0.1) is 0 Å². The number of halogens is 1. The maximum Gasteiger partial charge on any atom is 0.230 e. The van der Waals surface area contributed by atoms with E-state index in [9.17, 15) is 0 Å². The zero-order chi connectivity index (χ0) is 30.2. The predicted molar refractivity (Wildman–Crippen MR) is 166 cm³/mol. The minimum atomic E-state index is 0.253. The molecule has 1 saturated heterocycles. The SMILES string of the molecule is COc1ccnc(N2CCN(c3nc(NCC(N)=Nc4ccccc4)cc(Oc4cc(OC)c(OC)cc4Cl)n3)CC2)n1. The van der Waals surface area contributed by atoms with Crippen molar-refractivity contribution in [3.05, 3.63) is 65.8 Å². The Hall–Kier alpha value is -5.04. The lowest BCUT2D eigenvalue weighted by Gasteiger charge is -2.34. The minimum absolute atomic E-state index is 0.253. The normalized spacial score (nSPS) is 13.4. The second kappa shape index (κ2) is 13.7. The molecule has 0 aliphatic carbocycles. The summed E-state index contributed by atoms with van der Waals surface area (Å²) in [6, 6.07) is 16.1. The van der Waals surface area contributed by atoms with E-state index in [2.05, 4.69) is 30.1 Å². The molecule has 1 aliphatic rings. The quantitative estimate of drug-likeness (QED) is 0.187. The van der Waals surface area contributed by atoms with Crippen molar-refractivity contribution in [1.29, 1.82) is 0 Å². The summed E-state index contributed by atoms with van der Waals surface area (Å²) in [5.41, 5.74) is 6.96. The van der Waals surface area contributed by atoms with Crippen LogP contribution in [0, 0.1) is 0 Å². The van der Waals surface area contributed by atoms with Crippen molar-refractivity contribution in [1.82, 2.24) is 19.9 Å². The fourth-order valence-corrected chi connectivity index (χ4v) is 4.51. The first-order chi connectivity index (χ1) is 20.9. The maximum absolute atomic E-state index is 6.50. The molecule has 0 bridgehead atoms. The number of nitrogens with two attached hydrogens (primary N) is 1. The van der Waals surface area contributed by atoms with Crippen LogP contribution < -0.4 is 39.8 Å². The van der Waals surface area contributed by atoms with Gasteiger partial charge >= 0.3 is 0 Å². The van der Waals surface area contributed by atoms with Crippen LogP contribution in [-0.2, 0) is 0 Å². The number of methoxy groups -OCH3 is 3. The molecule has 43 heavy (non-hydrogen) atoms. The van der Waals surface area contributed by atoms with Crippen LogP contribution in [0.1, 0.15) is 0 Å². The van der Waals surface area contributed by atoms with E-state index >= 15 is 0 Å². The molecule has 0 atom stereocenters. The van der Waals surface area contributed by atoms with E-state index < -0.39 is 0 Å². The number of anilines is 3. The van der Waals surface area contributed by atoms with E-state index in [0.717, 1.165) is 5.69 Å². The van der Waals surface area contributed by atoms with Crippen LogP contribution in [0.25, 0.3) is 0 Å². The first-order valence-electron chi connectivity index (χ1n) is 13.4. The number of hydrogen-bond donors (Lipinski definition) is 2. The number of rotatable bonds is 11. The van der Waals surface area contributed by atoms with Crippen LogP contribution in [0.3, 0.4) is 0 Å². The van der Waals surface area contributed by atoms with Crippen LogP contribution in [0.2, 0.25) is 5.02 Å². The van der Waals surface area contributed by atoms with Gasteiger partial charge in [-0.1, -0.05) is 29.8 Å². The van der Waals surface area contributed by atoms with Gasteiger partial charge in [0.15, 0.2) is 17.2 Å². The Morgan fingerprint density at radius 3 is 2.21 bits per heavy atom. The molecule has 5 rings (SSSR count). The van der Waals surface area contributed by atoms with Gasteiger partial charge in [-0.2, -0.15) is 15.0 Å². The van der Waals surface area contributed by atoms with Crippen molar-refractivity contribution >= 4 is 40.8 Å². The molecule has 14 heteroatoms. The number of ether oxygens (including phenoxy) is 4. The minimum Gasteiger partial charge on any atom is -0.493 e. The number of amidine groups is 1. The number of nitrogens with zero attached hydrogens (tertiary/aromatic N) is 7. The van der Waals surface area contributed by atoms with Gasteiger partial charge in [0.25, 0.3) is 0 Å². The standard InChI is InChI=1S/C29H32ClN9O4/c1-40-22-15-20(30)21(16-23(22)41-2)43-27-17-25(33-18-24(31)34-19-7-5-4-6-8-19)35-29(37-27)39-13-11-38(12-14-39)28-32-10-9-26(36-28)42-3/h4-10,15-17H,11-14,18H2,1-3H3,(H2,31,34)(H,33,35,37). The summed E-state index contributed by atoms with van der Waals surface area (Å²) in [5, 5.41) is 3.57. The third-order valence-electron chi connectivity index (χ3n) is 6.49. The fourth-order valence-electron chi connectivity index (χ4n) is 4.32. The zero-order valence-electron chi connectivity index (χ0n) is 24.0. The molecule has 0 spiro atoms. The molecule has 13 nitrogen and oxygen atoms in total. The second-order valence-corrected chi connectivity index (χ2v) is 9.70. The molecule has 0 unspecified atom stereocenters. The number of para-hydroxylation sites is 1. The van der Waals surface area contributed by atoms with Gasteiger partial charge in [-0.25, -0.2) is 9.98 Å². The fraction of sp³-hybridized carbons (Fsp3) is 0.276. The maximum atomic E-state index is 6.50. The Kier molecular flexibility index (Phi) is 9.42. The first kappa shape index (κ1) is 29.5. The first-order valence-corrected chi connectivity index (χ1v) is 13.8. The summed E-state index contributed by atoms with van der Waals surface area (Å²) in [6.07, 6.45) is 1.68. The summed E-state index contributed by atoms with van der Waals surface area (Å²) in [6.45, 7) is 2.81. The highest BCUT2D eigenvalue weighted by Gasteiger charge is 2.23. The Morgan fingerprint density at radius 1 is 0.837 bits per heavy atom. The Labute approximate surface area is 254 Å². The lowest BCUT2D eigenvalue weighted by Crippen LogP contribution is -2.47. The molecular weight excluding hydrogens is 574 g/mol. The molecule has 2 aromatic heterocycles. The average Bonchev–Trinajstić information content (AvgIpc) is 3.05. The molecule has 3 N–H and O–H groups in total. The largest absolute Gasteiger partial charge is 0.493 e. The van der Waals surface area contributed by atoms with E-state index in [1.165, 1.54) is 14.2 Å². The number of benzene rings is 2. The Balaban J connectivity index is 1.38. The van der Waals surface area contributed by atoms with Crippen LogP contribution >= 0.6 is 11.6 Å². The summed E-state index contributed by atoms with van der Waals surface area (Å²) < 4.78 is 22.2. The highest BCUT2D eigenvalue weighted by Crippen LogP contribution is 2.39. The van der Waals surface area contributed by atoms with E-state index in [1.54, 1.807) is 37.6 Å². The van der Waals surface area contributed by atoms with Crippen LogP contribution in [0.5, 0.6) is 29.0 Å². The highest BCUT2D eigenvalue weighted by atomic mass is 35.5. The Bertz CT molecular complexity index is 1570. The van der Waals surface area contributed by atoms with Gasteiger partial charge in [0.2, 0.25) is 23.7 Å². The van der Waals surface area contributed by atoms with Gasteiger partial charge in [0.1, 0.15) is 11.7 Å². The van der Waals surface area contributed by atoms with Gasteiger partial charge in [0.05, 0.1) is 38.6 Å². The average molecular weight is 606 g/mol. The predicted octanol–water partition coefficient (Wildman–Crippen LogP) is 4.17. The Morgan fingerprint density at radius 2 is 1.51 bits per heavy atom. The van der Waals surface area contributed by atoms with E-state index in [-0.39, 0.29) is 12.4 Å². The van der Waals surface area contributed by atoms with Crippen LogP contribution in [0.4, 0.5) is 23.4 Å². The number of nitrogens with one attached hydrogen (secondary N) is 1. The number of hydrogen-bond acceptors (Lipinski definition) is 12. The zero-order valence-corrected chi connectivity index (χ0v) is 24.8. The third kappa shape index (κ3) is 7.43. The van der Waals surface area contributed by atoms with E-state index in [4.69, 9.17) is 46.3 Å². The monoisotopic (exact) mass is 605 g/mol. The summed E-state index contributed by atoms with van der Waals surface area (Å²) in [5.74, 6) is 4.06. The second-order valence-electron chi connectivity index (χ2n) is 9.30. The topological polar surface area (TPSA) is 145 Å². The summed E-state index contributed by atoms with van der Waals surface area (Å²) in [7, 11) is 4.66. The summed E-state index contributed by atoms with van der Waals surface area (Å²) >= 11 is 6.50. The highest BCUT2D eigenvalue weighted by molar-refractivity contribution is 6.32. The lowest BCUT2D eigenvalue weighted by molar-refractivity contribution is 0.351. The molecule has 0 saturated carbocycles. The molecular formula is C29H32ClN9O4. The van der Waals surface area contributed by atoms with Crippen molar-refractivity contribution in [2.24, 2.45) is 10.7 Å². The van der Waals surface area contributed by atoms with Gasteiger partial charge in [-0.05, 0) is 12.1 Å². The number of aliphatic imine (C=N–C) groups is 1. The molecule has 4 aromatic rings. The van der Waals surface area contributed by atoms with Gasteiger partial charge in [0, 0.05) is 56.6 Å². The molecule has 1 fully saturated rings. The van der Waals surface area contributed by atoms with Crippen molar-refractivity contribution in [3.63, 3.8) is 0 Å². The molecule has 3 heterocycles.